The summed E-state index contributed by atoms with van der Waals surface area (Å²) in [6.45, 7) is 0.930. The normalized spacial score (nSPS) is 15.9. The zero-order chi connectivity index (χ0) is 21.1. The lowest BCUT2D eigenvalue weighted by molar-refractivity contribution is -0.135. The average molecular weight is 409 g/mol. The van der Waals surface area contributed by atoms with Gasteiger partial charge in [0, 0.05) is 30.4 Å². The number of rotatable bonds is 5. The molecule has 2 amide bonds. The minimum Gasteiger partial charge on any atom is -0.393 e. The van der Waals surface area contributed by atoms with Gasteiger partial charge in [0.05, 0.1) is 6.10 Å². The molecule has 1 aromatic heterocycles. The number of likely N-dealkylation sites (tertiary alicyclic amines) is 1. The van der Waals surface area contributed by atoms with Gasteiger partial charge in [0.15, 0.2) is 0 Å². The highest BCUT2D eigenvalue weighted by Crippen LogP contribution is 2.18. The summed E-state index contributed by atoms with van der Waals surface area (Å²) in [4.78, 5) is 30.7. The van der Waals surface area contributed by atoms with Crippen LogP contribution in [0.2, 0.25) is 0 Å². The molecule has 0 aliphatic carbocycles. The lowest BCUT2D eigenvalue weighted by atomic mass is 10.0. The number of benzene rings is 2. The third-order valence-electron chi connectivity index (χ3n) is 5.49. The van der Waals surface area contributed by atoms with Gasteiger partial charge in [-0.2, -0.15) is 0 Å². The number of nitrogens with one attached hydrogen (secondary N) is 2. The SMILES string of the molecule is O=C(N[C@@H](Cc1ccccc1)C(=O)N1CCC(O)CC1)c1cc2cc(F)ccc2[nH]1. The number of amides is 2. The van der Waals surface area contributed by atoms with Crippen LogP contribution in [0.4, 0.5) is 4.39 Å². The Labute approximate surface area is 173 Å². The smallest absolute Gasteiger partial charge is 0.268 e. The molecule has 0 bridgehead atoms. The fraction of sp³-hybridized carbons (Fsp3) is 0.304. The molecule has 1 aliphatic heterocycles. The first-order chi connectivity index (χ1) is 14.5. The predicted octanol–water partition coefficient (Wildman–Crippen LogP) is 2.63. The van der Waals surface area contributed by atoms with Crippen LogP contribution in [-0.2, 0) is 11.2 Å². The molecule has 2 heterocycles. The number of aromatic amines is 1. The van der Waals surface area contributed by atoms with Crippen molar-refractivity contribution in [3.63, 3.8) is 0 Å². The second-order valence-electron chi connectivity index (χ2n) is 7.69. The van der Waals surface area contributed by atoms with Gasteiger partial charge in [-0.1, -0.05) is 30.3 Å². The lowest BCUT2D eigenvalue weighted by Gasteiger charge is -2.32. The van der Waals surface area contributed by atoms with E-state index in [1.54, 1.807) is 17.0 Å². The molecule has 0 unspecified atom stereocenters. The van der Waals surface area contributed by atoms with Gasteiger partial charge in [-0.15, -0.1) is 0 Å². The van der Waals surface area contributed by atoms with Crippen LogP contribution in [-0.4, -0.2) is 52.0 Å². The van der Waals surface area contributed by atoms with E-state index in [1.165, 1.54) is 12.1 Å². The number of H-pyrrole nitrogens is 1. The van der Waals surface area contributed by atoms with Gasteiger partial charge in [-0.05, 0) is 42.7 Å². The predicted molar refractivity (Wildman–Crippen MR) is 111 cm³/mol. The van der Waals surface area contributed by atoms with Crippen molar-refractivity contribution < 1.29 is 19.1 Å². The molecule has 0 spiro atoms. The highest BCUT2D eigenvalue weighted by molar-refractivity contribution is 6.00. The van der Waals surface area contributed by atoms with Crippen molar-refractivity contribution in [2.75, 3.05) is 13.1 Å². The number of aromatic nitrogens is 1. The van der Waals surface area contributed by atoms with Crippen LogP contribution in [0.3, 0.4) is 0 Å². The maximum absolute atomic E-state index is 13.5. The van der Waals surface area contributed by atoms with Crippen LogP contribution in [0.15, 0.2) is 54.6 Å². The van der Waals surface area contributed by atoms with Crippen molar-refractivity contribution in [3.05, 3.63) is 71.7 Å². The van der Waals surface area contributed by atoms with E-state index >= 15 is 0 Å². The third kappa shape index (κ3) is 4.52. The number of nitrogens with zero attached hydrogens (tertiary/aromatic N) is 1. The van der Waals surface area contributed by atoms with Crippen molar-refractivity contribution in [2.45, 2.75) is 31.4 Å². The Morgan fingerprint density at radius 3 is 2.60 bits per heavy atom. The van der Waals surface area contributed by atoms with Gasteiger partial charge < -0.3 is 20.3 Å². The highest BCUT2D eigenvalue weighted by atomic mass is 19.1. The topological polar surface area (TPSA) is 85.4 Å². The van der Waals surface area contributed by atoms with Crippen molar-refractivity contribution in [1.29, 1.82) is 0 Å². The number of carbonyl (C=O) groups excluding carboxylic acids is 2. The van der Waals surface area contributed by atoms with Crippen LogP contribution in [0.5, 0.6) is 0 Å². The van der Waals surface area contributed by atoms with Crippen LogP contribution in [0, 0.1) is 5.82 Å². The Bertz CT molecular complexity index is 1040. The van der Waals surface area contributed by atoms with Crippen molar-refractivity contribution >= 4 is 22.7 Å². The van der Waals surface area contributed by atoms with Gasteiger partial charge in [-0.25, -0.2) is 4.39 Å². The lowest BCUT2D eigenvalue weighted by Crippen LogP contribution is -2.52. The Hall–Kier alpha value is -3.19. The van der Waals surface area contributed by atoms with E-state index in [1.807, 2.05) is 30.3 Å². The highest BCUT2D eigenvalue weighted by Gasteiger charge is 2.29. The summed E-state index contributed by atoms with van der Waals surface area (Å²) in [5, 5.41) is 13.2. The Kier molecular flexibility index (Phi) is 5.81. The van der Waals surface area contributed by atoms with Crippen LogP contribution in [0.25, 0.3) is 10.9 Å². The second kappa shape index (κ2) is 8.67. The van der Waals surface area contributed by atoms with E-state index in [0.717, 1.165) is 5.56 Å². The van der Waals surface area contributed by atoms with E-state index in [2.05, 4.69) is 10.3 Å². The summed E-state index contributed by atoms with van der Waals surface area (Å²) < 4.78 is 13.5. The van der Waals surface area contributed by atoms with E-state index in [4.69, 9.17) is 0 Å². The Morgan fingerprint density at radius 2 is 1.87 bits per heavy atom. The van der Waals surface area contributed by atoms with Crippen molar-refractivity contribution in [1.82, 2.24) is 15.2 Å². The number of hydrogen-bond donors (Lipinski definition) is 3. The molecule has 4 rings (SSSR count). The van der Waals surface area contributed by atoms with E-state index in [0.29, 0.717) is 43.3 Å². The number of aliphatic hydroxyl groups is 1. The first-order valence-electron chi connectivity index (χ1n) is 10.1. The van der Waals surface area contributed by atoms with E-state index in [-0.39, 0.29) is 23.5 Å². The molecule has 30 heavy (non-hydrogen) atoms. The molecule has 0 radical (unpaired) electrons. The average Bonchev–Trinajstić information content (AvgIpc) is 3.17. The van der Waals surface area contributed by atoms with Gasteiger partial charge in [0.25, 0.3) is 5.91 Å². The summed E-state index contributed by atoms with van der Waals surface area (Å²) in [5.74, 6) is -0.961. The maximum atomic E-state index is 13.5. The zero-order valence-electron chi connectivity index (χ0n) is 16.5. The first kappa shape index (κ1) is 20.1. The number of hydrogen-bond acceptors (Lipinski definition) is 3. The largest absolute Gasteiger partial charge is 0.393 e. The van der Waals surface area contributed by atoms with E-state index in [9.17, 15) is 19.1 Å². The molecular weight excluding hydrogens is 385 g/mol. The molecule has 0 saturated carbocycles. The molecule has 1 saturated heterocycles. The van der Waals surface area contributed by atoms with Gasteiger partial charge in [0.1, 0.15) is 17.6 Å². The third-order valence-corrected chi connectivity index (χ3v) is 5.49. The molecule has 1 atom stereocenters. The molecule has 156 valence electrons. The number of piperidine rings is 1. The number of carbonyl (C=O) groups is 2. The summed E-state index contributed by atoms with van der Waals surface area (Å²) >= 11 is 0. The van der Waals surface area contributed by atoms with Crippen LogP contribution < -0.4 is 5.32 Å². The summed E-state index contributed by atoms with van der Waals surface area (Å²) in [6, 6.07) is 14.6. The molecule has 1 aliphatic rings. The van der Waals surface area contributed by atoms with Gasteiger partial charge in [0.2, 0.25) is 5.91 Å². The molecular formula is C23H24FN3O3. The quantitative estimate of drug-likeness (QED) is 0.606. The van der Waals surface area contributed by atoms with Gasteiger partial charge >= 0.3 is 0 Å². The van der Waals surface area contributed by atoms with Crippen LogP contribution in [0.1, 0.15) is 28.9 Å². The summed E-state index contributed by atoms with van der Waals surface area (Å²) in [5.41, 5.74) is 1.86. The Morgan fingerprint density at radius 1 is 1.13 bits per heavy atom. The molecule has 3 N–H and O–H groups in total. The van der Waals surface area contributed by atoms with Gasteiger partial charge in [-0.3, -0.25) is 9.59 Å². The minimum absolute atomic E-state index is 0.166. The fourth-order valence-corrected chi connectivity index (χ4v) is 3.82. The number of fused-ring (bicyclic) bond motifs is 1. The monoisotopic (exact) mass is 409 g/mol. The first-order valence-corrected chi connectivity index (χ1v) is 10.1. The van der Waals surface area contributed by atoms with Crippen LogP contribution >= 0.6 is 0 Å². The molecule has 3 aromatic rings. The minimum atomic E-state index is -0.738. The van der Waals surface area contributed by atoms with E-state index < -0.39 is 11.9 Å². The molecule has 7 heteroatoms. The zero-order valence-corrected chi connectivity index (χ0v) is 16.5. The number of aliphatic hydroxyl groups excluding tert-OH is 1. The fourth-order valence-electron chi connectivity index (χ4n) is 3.82. The summed E-state index contributed by atoms with van der Waals surface area (Å²) in [7, 11) is 0. The molecule has 1 fully saturated rings. The maximum Gasteiger partial charge on any atom is 0.268 e. The molecule has 6 nitrogen and oxygen atoms in total. The molecule has 2 aromatic carbocycles. The standard InChI is InChI=1S/C23H24FN3O3/c24-17-6-7-19-16(13-17)14-20(25-19)22(29)26-21(12-15-4-2-1-3-5-15)23(30)27-10-8-18(28)9-11-27/h1-7,13-14,18,21,25,28H,8-12H2,(H,26,29)/t21-/m0/s1. The van der Waals surface area contributed by atoms with Crippen molar-refractivity contribution in [2.24, 2.45) is 0 Å². The van der Waals surface area contributed by atoms with Crippen molar-refractivity contribution in [3.8, 4) is 0 Å². The summed E-state index contributed by atoms with van der Waals surface area (Å²) in [6.07, 6.45) is 1.04. The number of halogens is 1. The second-order valence-corrected chi connectivity index (χ2v) is 7.69. The Balaban J connectivity index is 1.54.